The molecular weight excluding hydrogens is 290 g/mol. The molecule has 0 fully saturated rings. The van der Waals surface area contributed by atoms with Crippen LogP contribution >= 0.6 is 11.6 Å². The van der Waals surface area contributed by atoms with Crippen LogP contribution in [-0.4, -0.2) is 16.9 Å². The summed E-state index contributed by atoms with van der Waals surface area (Å²) in [5.41, 5.74) is 7.78. The van der Waals surface area contributed by atoms with Crippen molar-refractivity contribution in [2.45, 2.75) is 13.1 Å². The fourth-order valence-corrected chi connectivity index (χ4v) is 2.35. The molecular formula is C15H16ClN3O2. The van der Waals surface area contributed by atoms with Crippen molar-refractivity contribution >= 4 is 23.0 Å². The Kier molecular flexibility index (Phi) is 4.77. The van der Waals surface area contributed by atoms with Crippen molar-refractivity contribution in [3.05, 3.63) is 68.7 Å². The quantitative estimate of drug-likeness (QED) is 0.521. The van der Waals surface area contributed by atoms with Crippen LogP contribution in [0.3, 0.4) is 0 Å². The number of nitro groups is 1. The van der Waals surface area contributed by atoms with E-state index in [9.17, 15) is 10.1 Å². The minimum absolute atomic E-state index is 0.0625. The summed E-state index contributed by atoms with van der Waals surface area (Å²) < 4.78 is 0. The first-order valence-corrected chi connectivity index (χ1v) is 6.80. The van der Waals surface area contributed by atoms with Gasteiger partial charge in [-0.05, 0) is 30.3 Å². The maximum atomic E-state index is 10.7. The first kappa shape index (κ1) is 15.3. The molecule has 0 amide bonds. The van der Waals surface area contributed by atoms with Gasteiger partial charge in [-0.3, -0.25) is 15.0 Å². The lowest BCUT2D eigenvalue weighted by atomic mass is 10.1. The molecule has 0 aliphatic heterocycles. The fraction of sp³-hybridized carbons (Fsp3) is 0.200. The molecule has 2 rings (SSSR count). The van der Waals surface area contributed by atoms with Crippen molar-refractivity contribution in [2.75, 3.05) is 12.8 Å². The van der Waals surface area contributed by atoms with Gasteiger partial charge in [-0.15, -0.1) is 0 Å². The average Bonchev–Trinajstić information content (AvgIpc) is 2.41. The molecule has 0 aliphatic rings. The highest BCUT2D eigenvalue weighted by molar-refractivity contribution is 6.31. The number of nitrogen functional groups attached to an aromatic ring is 1. The van der Waals surface area contributed by atoms with Gasteiger partial charge in [-0.25, -0.2) is 0 Å². The number of nitrogens with zero attached hydrogens (tertiary/aromatic N) is 2. The number of nitrogens with two attached hydrogens (primary N) is 1. The normalized spacial score (nSPS) is 10.8. The zero-order valence-electron chi connectivity index (χ0n) is 11.6. The molecule has 0 spiro atoms. The van der Waals surface area contributed by atoms with E-state index in [1.807, 2.05) is 31.3 Å². The third-order valence-corrected chi connectivity index (χ3v) is 3.51. The summed E-state index contributed by atoms with van der Waals surface area (Å²) in [6, 6.07) is 12.5. The Morgan fingerprint density at radius 2 is 1.95 bits per heavy atom. The summed E-state index contributed by atoms with van der Waals surface area (Å²) >= 11 is 6.13. The van der Waals surface area contributed by atoms with Crippen molar-refractivity contribution in [2.24, 2.45) is 0 Å². The first-order chi connectivity index (χ1) is 9.97. The summed E-state index contributed by atoms with van der Waals surface area (Å²) in [5.74, 6) is 0. The second-order valence-electron chi connectivity index (χ2n) is 4.91. The van der Waals surface area contributed by atoms with E-state index in [0.717, 1.165) is 16.1 Å². The maximum Gasteiger partial charge on any atom is 0.292 e. The molecule has 0 saturated carbocycles. The second kappa shape index (κ2) is 6.56. The summed E-state index contributed by atoms with van der Waals surface area (Å²) in [6.45, 7) is 1.32. The minimum Gasteiger partial charge on any atom is -0.393 e. The molecule has 5 nitrogen and oxygen atoms in total. The topological polar surface area (TPSA) is 72.4 Å². The molecule has 0 heterocycles. The van der Waals surface area contributed by atoms with E-state index in [-0.39, 0.29) is 11.4 Å². The Hall–Kier alpha value is -2.11. The standard InChI is InChI=1S/C15H16ClN3O2/c1-18(10-12-4-2-3-5-13(12)16)9-11-6-7-15(19(20)21)14(17)8-11/h2-8H,9-10,17H2,1H3. The van der Waals surface area contributed by atoms with Gasteiger partial charge in [0, 0.05) is 24.2 Å². The molecule has 2 aromatic carbocycles. The van der Waals surface area contributed by atoms with Crippen molar-refractivity contribution in [1.29, 1.82) is 0 Å². The molecule has 0 atom stereocenters. The molecule has 0 aromatic heterocycles. The van der Waals surface area contributed by atoms with E-state index in [1.165, 1.54) is 6.07 Å². The van der Waals surface area contributed by atoms with Crippen LogP contribution in [0.2, 0.25) is 5.02 Å². The number of nitro benzene ring substituents is 1. The Morgan fingerprint density at radius 3 is 2.57 bits per heavy atom. The summed E-state index contributed by atoms with van der Waals surface area (Å²) in [7, 11) is 1.96. The van der Waals surface area contributed by atoms with E-state index >= 15 is 0 Å². The highest BCUT2D eigenvalue weighted by Crippen LogP contribution is 2.23. The molecule has 0 saturated heterocycles. The highest BCUT2D eigenvalue weighted by Gasteiger charge is 2.12. The number of benzene rings is 2. The van der Waals surface area contributed by atoms with Crippen molar-refractivity contribution in [1.82, 2.24) is 4.90 Å². The van der Waals surface area contributed by atoms with Crippen LogP contribution in [0, 0.1) is 10.1 Å². The van der Waals surface area contributed by atoms with Gasteiger partial charge >= 0.3 is 0 Å². The van der Waals surface area contributed by atoms with Crippen LogP contribution in [0.1, 0.15) is 11.1 Å². The van der Waals surface area contributed by atoms with Crippen molar-refractivity contribution < 1.29 is 4.92 Å². The van der Waals surface area contributed by atoms with Crippen LogP contribution in [-0.2, 0) is 13.1 Å². The zero-order valence-corrected chi connectivity index (χ0v) is 12.4. The number of halogens is 1. The molecule has 21 heavy (non-hydrogen) atoms. The Bertz CT molecular complexity index is 661. The molecule has 110 valence electrons. The largest absolute Gasteiger partial charge is 0.393 e. The summed E-state index contributed by atoms with van der Waals surface area (Å²) in [5, 5.41) is 11.5. The number of hydrogen-bond acceptors (Lipinski definition) is 4. The van der Waals surface area contributed by atoms with E-state index in [1.54, 1.807) is 12.1 Å². The first-order valence-electron chi connectivity index (χ1n) is 6.42. The number of hydrogen-bond donors (Lipinski definition) is 1. The monoisotopic (exact) mass is 305 g/mol. The van der Waals surface area contributed by atoms with E-state index in [0.29, 0.717) is 13.1 Å². The number of rotatable bonds is 5. The highest BCUT2D eigenvalue weighted by atomic mass is 35.5. The number of anilines is 1. The van der Waals surface area contributed by atoms with Crippen molar-refractivity contribution in [3.8, 4) is 0 Å². The minimum atomic E-state index is -0.480. The van der Waals surface area contributed by atoms with Gasteiger partial charge in [0.2, 0.25) is 0 Å². The smallest absolute Gasteiger partial charge is 0.292 e. The Labute approximate surface area is 128 Å². The molecule has 0 aliphatic carbocycles. The van der Waals surface area contributed by atoms with Crippen LogP contribution in [0.15, 0.2) is 42.5 Å². The zero-order chi connectivity index (χ0) is 15.4. The molecule has 2 N–H and O–H groups in total. The SMILES string of the molecule is CN(Cc1ccc([N+](=O)[O-])c(N)c1)Cc1ccccc1Cl. The van der Waals surface area contributed by atoms with Gasteiger partial charge < -0.3 is 5.73 Å². The molecule has 6 heteroatoms. The van der Waals surface area contributed by atoms with Crippen molar-refractivity contribution in [3.63, 3.8) is 0 Å². The fourth-order valence-electron chi connectivity index (χ4n) is 2.15. The van der Waals surface area contributed by atoms with Crippen LogP contribution < -0.4 is 5.73 Å². The second-order valence-corrected chi connectivity index (χ2v) is 5.32. The Morgan fingerprint density at radius 1 is 1.24 bits per heavy atom. The van der Waals surface area contributed by atoms with Gasteiger partial charge in [0.25, 0.3) is 5.69 Å². The van der Waals surface area contributed by atoms with E-state index in [2.05, 4.69) is 4.90 Å². The molecule has 0 radical (unpaired) electrons. The van der Waals surface area contributed by atoms with E-state index in [4.69, 9.17) is 17.3 Å². The lowest BCUT2D eigenvalue weighted by molar-refractivity contribution is -0.383. The maximum absolute atomic E-state index is 10.7. The van der Waals surface area contributed by atoms with Crippen LogP contribution in [0.4, 0.5) is 11.4 Å². The summed E-state index contributed by atoms with van der Waals surface area (Å²) in [6.07, 6.45) is 0. The Balaban J connectivity index is 2.06. The molecule has 0 bridgehead atoms. The lowest BCUT2D eigenvalue weighted by Crippen LogP contribution is -2.17. The molecule has 2 aromatic rings. The van der Waals surface area contributed by atoms with Gasteiger partial charge in [0.15, 0.2) is 0 Å². The average molecular weight is 306 g/mol. The van der Waals surface area contributed by atoms with Gasteiger partial charge in [0.1, 0.15) is 5.69 Å². The van der Waals surface area contributed by atoms with Crippen LogP contribution in [0.25, 0.3) is 0 Å². The van der Waals surface area contributed by atoms with Gasteiger partial charge in [-0.1, -0.05) is 35.9 Å². The predicted molar refractivity (Wildman–Crippen MR) is 84.1 cm³/mol. The third-order valence-electron chi connectivity index (χ3n) is 3.14. The third kappa shape index (κ3) is 3.93. The summed E-state index contributed by atoms with van der Waals surface area (Å²) in [4.78, 5) is 12.3. The molecule has 0 unspecified atom stereocenters. The van der Waals surface area contributed by atoms with Crippen LogP contribution in [0.5, 0.6) is 0 Å². The predicted octanol–water partition coefficient (Wildman–Crippen LogP) is 3.46. The van der Waals surface area contributed by atoms with E-state index < -0.39 is 4.92 Å². The van der Waals surface area contributed by atoms with Gasteiger partial charge in [0.05, 0.1) is 4.92 Å². The van der Waals surface area contributed by atoms with Gasteiger partial charge in [-0.2, -0.15) is 0 Å². The lowest BCUT2D eigenvalue weighted by Gasteiger charge is -2.17.